The summed E-state index contributed by atoms with van der Waals surface area (Å²) in [4.78, 5) is 12.6. The number of thiophene rings is 1. The fourth-order valence-corrected chi connectivity index (χ4v) is 5.25. The van der Waals surface area contributed by atoms with Gasteiger partial charge in [0.05, 0.1) is 13.2 Å². The number of aliphatic hydroxyl groups excluding tert-OH is 1. The van der Waals surface area contributed by atoms with Crippen LogP contribution in [0.15, 0.2) is 16.3 Å². The zero-order chi connectivity index (χ0) is 14.9. The molecule has 2 rings (SSSR count). The van der Waals surface area contributed by atoms with Gasteiger partial charge in [0.25, 0.3) is 10.0 Å². The van der Waals surface area contributed by atoms with Gasteiger partial charge in [-0.15, -0.1) is 11.3 Å². The predicted octanol–water partition coefficient (Wildman–Crippen LogP) is 0.607. The van der Waals surface area contributed by atoms with Crippen molar-refractivity contribution in [3.8, 4) is 0 Å². The van der Waals surface area contributed by atoms with E-state index in [1.165, 1.54) is 24.5 Å². The summed E-state index contributed by atoms with van der Waals surface area (Å²) in [5, 5.41) is 9.67. The lowest BCUT2D eigenvalue weighted by Crippen LogP contribution is -2.40. The van der Waals surface area contributed by atoms with E-state index in [0.29, 0.717) is 0 Å². The van der Waals surface area contributed by atoms with Crippen LogP contribution in [-0.4, -0.2) is 49.6 Å². The van der Waals surface area contributed by atoms with Crippen LogP contribution in [0.25, 0.3) is 0 Å². The first kappa shape index (κ1) is 15.4. The molecule has 0 amide bonds. The van der Waals surface area contributed by atoms with Crippen LogP contribution in [0.1, 0.15) is 18.2 Å². The van der Waals surface area contributed by atoms with Crippen molar-refractivity contribution >= 4 is 27.3 Å². The van der Waals surface area contributed by atoms with Crippen molar-refractivity contribution < 1.29 is 23.1 Å². The average molecular weight is 319 g/mol. The van der Waals surface area contributed by atoms with Gasteiger partial charge in [-0.05, 0) is 18.6 Å². The van der Waals surface area contributed by atoms with Gasteiger partial charge < -0.3 is 9.84 Å². The molecule has 6 nitrogen and oxygen atoms in total. The van der Waals surface area contributed by atoms with Crippen molar-refractivity contribution in [3.63, 3.8) is 0 Å². The minimum Gasteiger partial charge on any atom is -0.468 e. The smallest absolute Gasteiger partial charge is 0.324 e. The number of methoxy groups -OCH3 is 1. The molecule has 1 aliphatic rings. The summed E-state index contributed by atoms with van der Waals surface area (Å²) in [6.45, 7) is 1.86. The molecule has 0 aromatic carbocycles. The number of rotatable bonds is 4. The van der Waals surface area contributed by atoms with E-state index >= 15 is 0 Å². The van der Waals surface area contributed by atoms with Crippen LogP contribution in [0, 0.1) is 0 Å². The Morgan fingerprint density at radius 3 is 2.80 bits per heavy atom. The van der Waals surface area contributed by atoms with Gasteiger partial charge in [-0.3, -0.25) is 4.79 Å². The summed E-state index contributed by atoms with van der Waals surface area (Å²) < 4.78 is 31.0. The number of aliphatic hydroxyl groups is 1. The van der Waals surface area contributed by atoms with Gasteiger partial charge in [0.2, 0.25) is 0 Å². The second kappa shape index (κ2) is 5.80. The third kappa shape index (κ3) is 2.73. The summed E-state index contributed by atoms with van der Waals surface area (Å²) in [5.74, 6) is -0.641. The summed E-state index contributed by atoms with van der Waals surface area (Å²) >= 11 is 1.19. The molecule has 8 heteroatoms. The van der Waals surface area contributed by atoms with Crippen molar-refractivity contribution in [2.45, 2.75) is 36.1 Å². The molecule has 0 spiro atoms. The Labute approximate surface area is 122 Å². The van der Waals surface area contributed by atoms with E-state index in [1.54, 1.807) is 6.07 Å². The number of hydrogen-bond acceptors (Lipinski definition) is 6. The molecule has 1 aliphatic heterocycles. The number of carbonyl (C=O) groups is 1. The molecule has 1 saturated heterocycles. The van der Waals surface area contributed by atoms with Crippen LogP contribution in [0.4, 0.5) is 0 Å². The molecule has 1 fully saturated rings. The van der Waals surface area contributed by atoms with Crippen LogP contribution >= 0.6 is 11.3 Å². The minimum atomic E-state index is -3.77. The van der Waals surface area contributed by atoms with Crippen molar-refractivity contribution in [2.75, 3.05) is 13.7 Å². The zero-order valence-corrected chi connectivity index (χ0v) is 12.9. The van der Waals surface area contributed by atoms with Crippen molar-refractivity contribution in [1.82, 2.24) is 4.31 Å². The molecule has 1 aromatic heterocycles. The van der Waals surface area contributed by atoms with Crippen LogP contribution in [0.2, 0.25) is 0 Å². The van der Waals surface area contributed by atoms with Gasteiger partial charge in [0, 0.05) is 17.8 Å². The number of carbonyl (C=O) groups excluding carboxylic acids is 1. The van der Waals surface area contributed by atoms with E-state index in [4.69, 9.17) is 0 Å². The highest BCUT2D eigenvalue weighted by atomic mass is 32.2. The number of esters is 1. The lowest BCUT2D eigenvalue weighted by molar-refractivity contribution is -0.144. The molecule has 0 radical (unpaired) electrons. The Balaban J connectivity index is 2.34. The van der Waals surface area contributed by atoms with E-state index < -0.39 is 28.1 Å². The number of sulfonamides is 1. The summed E-state index contributed by atoms with van der Waals surface area (Å²) in [6, 6.07) is 2.35. The molecule has 1 aromatic rings. The first-order chi connectivity index (χ1) is 9.40. The van der Waals surface area contributed by atoms with Crippen LogP contribution in [-0.2, 0) is 26.0 Å². The molecule has 2 atom stereocenters. The Bertz CT molecular complexity index is 595. The van der Waals surface area contributed by atoms with E-state index in [2.05, 4.69) is 4.74 Å². The van der Waals surface area contributed by atoms with Crippen molar-refractivity contribution in [3.05, 3.63) is 17.0 Å². The highest BCUT2D eigenvalue weighted by Gasteiger charge is 2.44. The topological polar surface area (TPSA) is 83.9 Å². The van der Waals surface area contributed by atoms with Gasteiger partial charge in [0.15, 0.2) is 0 Å². The lowest BCUT2D eigenvalue weighted by Gasteiger charge is -2.20. The maximum Gasteiger partial charge on any atom is 0.324 e. The van der Waals surface area contributed by atoms with E-state index in [1.807, 2.05) is 6.92 Å². The quantitative estimate of drug-likeness (QED) is 0.822. The molecule has 20 heavy (non-hydrogen) atoms. The van der Waals surface area contributed by atoms with Crippen molar-refractivity contribution in [1.29, 1.82) is 0 Å². The fourth-order valence-electron chi connectivity index (χ4n) is 2.20. The molecular weight excluding hydrogens is 302 g/mol. The number of β-amino-alcohol motifs (C(OH)–C–C–N with tert-alkyl or cyclic N) is 1. The monoisotopic (exact) mass is 319 g/mol. The molecule has 112 valence electrons. The van der Waals surface area contributed by atoms with Crippen molar-refractivity contribution in [2.24, 2.45) is 0 Å². The molecular formula is C12H17NO5S2. The first-order valence-electron chi connectivity index (χ1n) is 6.26. The van der Waals surface area contributed by atoms with Crippen LogP contribution in [0.3, 0.4) is 0 Å². The average Bonchev–Trinajstić information content (AvgIpc) is 3.04. The SMILES string of the molecule is CCc1ccc(S(=O)(=O)N2CC(O)CC2C(=O)OC)s1. The van der Waals surface area contributed by atoms with Crippen LogP contribution < -0.4 is 0 Å². The molecule has 0 saturated carbocycles. The third-order valence-corrected chi connectivity index (χ3v) is 6.83. The largest absolute Gasteiger partial charge is 0.468 e. The van der Waals surface area contributed by atoms with Gasteiger partial charge >= 0.3 is 5.97 Å². The van der Waals surface area contributed by atoms with Gasteiger partial charge in [-0.25, -0.2) is 8.42 Å². The number of ether oxygens (including phenoxy) is 1. The highest BCUT2D eigenvalue weighted by molar-refractivity contribution is 7.91. The number of nitrogens with zero attached hydrogens (tertiary/aromatic N) is 1. The third-order valence-electron chi connectivity index (χ3n) is 3.26. The molecule has 2 unspecified atom stereocenters. The second-order valence-electron chi connectivity index (χ2n) is 4.58. The van der Waals surface area contributed by atoms with Crippen LogP contribution in [0.5, 0.6) is 0 Å². The molecule has 2 heterocycles. The zero-order valence-electron chi connectivity index (χ0n) is 11.3. The summed E-state index contributed by atoms with van der Waals surface area (Å²) in [6.07, 6.45) is -0.0271. The second-order valence-corrected chi connectivity index (χ2v) is 7.86. The van der Waals surface area contributed by atoms with Gasteiger partial charge in [-0.1, -0.05) is 6.92 Å². The Hall–Kier alpha value is -0.960. The Morgan fingerprint density at radius 2 is 2.25 bits per heavy atom. The Morgan fingerprint density at radius 1 is 1.55 bits per heavy atom. The highest BCUT2D eigenvalue weighted by Crippen LogP contribution is 2.31. The summed E-state index contributed by atoms with van der Waals surface area (Å²) in [7, 11) is -2.57. The van der Waals surface area contributed by atoms with E-state index in [-0.39, 0.29) is 17.2 Å². The molecule has 1 N–H and O–H groups in total. The molecule has 0 aliphatic carbocycles. The first-order valence-corrected chi connectivity index (χ1v) is 8.52. The van der Waals surface area contributed by atoms with Gasteiger partial charge in [-0.2, -0.15) is 4.31 Å². The number of hydrogen-bond donors (Lipinski definition) is 1. The van der Waals surface area contributed by atoms with Gasteiger partial charge in [0.1, 0.15) is 10.3 Å². The molecule has 0 bridgehead atoms. The summed E-state index contributed by atoms with van der Waals surface area (Å²) in [5.41, 5.74) is 0. The predicted molar refractivity (Wildman–Crippen MR) is 74.0 cm³/mol. The normalized spacial score (nSPS) is 23.9. The Kier molecular flexibility index (Phi) is 4.48. The maximum atomic E-state index is 12.6. The standard InChI is InChI=1S/C12H17NO5S2/c1-3-9-4-5-11(19-9)20(16,17)13-7-8(14)6-10(13)12(15)18-2/h4-5,8,10,14H,3,6-7H2,1-2H3. The number of aryl methyl sites for hydroxylation is 1. The maximum absolute atomic E-state index is 12.6. The van der Waals surface area contributed by atoms with E-state index in [0.717, 1.165) is 15.6 Å². The fraction of sp³-hybridized carbons (Fsp3) is 0.583. The van der Waals surface area contributed by atoms with E-state index in [9.17, 15) is 18.3 Å². The lowest BCUT2D eigenvalue weighted by atomic mass is 10.2. The minimum absolute atomic E-state index is 0.0674.